The van der Waals surface area contributed by atoms with Crippen molar-refractivity contribution in [1.29, 1.82) is 0 Å². The molecule has 0 saturated heterocycles. The molecule has 0 aliphatic carbocycles. The van der Waals surface area contributed by atoms with Gasteiger partial charge in [0.25, 0.3) is 0 Å². The topological polar surface area (TPSA) is 50.9 Å². The molecular weight excluding hydrogens is 974 g/mol. The first-order chi connectivity index (χ1) is 35.1. The van der Waals surface area contributed by atoms with E-state index in [-0.39, 0.29) is 49.8 Å². The normalized spacial score (nSPS) is 15.3. The van der Waals surface area contributed by atoms with Crippen molar-refractivity contribution in [2.24, 2.45) is 0 Å². The van der Waals surface area contributed by atoms with Gasteiger partial charge in [-0.1, -0.05) is 166 Å². The molecule has 0 bridgehead atoms. The molecule has 2 heterocycles. The molecule has 0 aliphatic heterocycles. The van der Waals surface area contributed by atoms with Gasteiger partial charge < -0.3 is 5.11 Å². The number of fused-ring (bicyclic) bond motifs is 1. The Labute approximate surface area is 419 Å². The van der Waals surface area contributed by atoms with Gasteiger partial charge in [-0.05, 0) is 123 Å². The number of hydrogen-bond donors (Lipinski definition) is 1. The van der Waals surface area contributed by atoms with E-state index in [0.717, 1.165) is 11.1 Å². The first-order valence-electron chi connectivity index (χ1n) is 27.9. The molecule has 8 aromatic rings. The summed E-state index contributed by atoms with van der Waals surface area (Å²) in [6.45, 7) is 15.9. The predicted octanol–water partition coefficient (Wildman–Crippen LogP) is 16.7. The smallest absolute Gasteiger partial charge is 0.148 e. The van der Waals surface area contributed by atoms with Crippen LogP contribution in [-0.2, 0) is 26.5 Å². The summed E-state index contributed by atoms with van der Waals surface area (Å²) in [4.78, 5) is 10.1. The van der Waals surface area contributed by atoms with Crippen molar-refractivity contribution in [2.75, 3.05) is 0 Å². The number of para-hydroxylation sites is 1. The molecule has 6 aromatic carbocycles. The number of benzene rings is 6. The zero-order chi connectivity index (χ0) is 56.1. The van der Waals surface area contributed by atoms with E-state index < -0.39 is 60.6 Å². The van der Waals surface area contributed by atoms with E-state index in [1.165, 1.54) is 6.20 Å². The van der Waals surface area contributed by atoms with Gasteiger partial charge in [0.1, 0.15) is 11.6 Å². The van der Waals surface area contributed by atoms with E-state index in [9.17, 15) is 5.11 Å². The fraction of sp³-hybridized carbons (Fsp3) is 0.300. The zero-order valence-corrected chi connectivity index (χ0v) is 41.3. The van der Waals surface area contributed by atoms with E-state index in [4.69, 9.17) is 26.4 Å². The molecular formula is C60H64N3OPt-. The zero-order valence-electron chi connectivity index (χ0n) is 51.0. The Bertz CT molecular complexity index is 3530. The van der Waals surface area contributed by atoms with Gasteiger partial charge in [-0.15, -0.1) is 29.3 Å². The summed E-state index contributed by atoms with van der Waals surface area (Å²) in [5.41, 5.74) is 8.05. The number of phenolic OH excluding ortho intramolecular Hbond substituents is 1. The standard InChI is InChI=1S/C60H64N3O.Pt/c1-35(2)44-32-51(38(7)8)58(64)52(33-44)59-62-57-50(45-29-46(31-47(30-45)60(11,12)13)53-34-42(26-27-61-53)41-22-20-39(9)21-23-41)18-15-19-55(57)63(59)54-25-24-43(28-40(54)10)56-48(36(3)4)16-14-17-49(56)37(5)6;/h14-28,30-38,64H,1-13H3;/q-1;/i9D3,10D3,20D,21D,22D,23D,36D,37D;. The van der Waals surface area contributed by atoms with Crippen LogP contribution in [0.3, 0.4) is 0 Å². The number of aromatic hydroxyl groups is 1. The van der Waals surface area contributed by atoms with Gasteiger partial charge in [-0.2, -0.15) is 0 Å². The maximum absolute atomic E-state index is 12.4. The molecule has 4 nitrogen and oxygen atoms in total. The number of phenols is 1. The largest absolute Gasteiger partial charge is 0.507 e. The van der Waals surface area contributed by atoms with Crippen molar-refractivity contribution in [2.45, 2.75) is 119 Å². The van der Waals surface area contributed by atoms with Crippen LogP contribution in [0.25, 0.3) is 72.7 Å². The Balaban J connectivity index is 0.00000861. The Kier molecular flexibility index (Phi) is 9.75. The molecule has 1 N–H and O–H groups in total. The predicted molar refractivity (Wildman–Crippen MR) is 271 cm³/mol. The molecule has 0 saturated carbocycles. The molecule has 5 heteroatoms. The summed E-state index contributed by atoms with van der Waals surface area (Å²) in [6, 6.07) is 28.9. The number of rotatable bonds is 10. The van der Waals surface area contributed by atoms with Crippen molar-refractivity contribution in [1.82, 2.24) is 14.5 Å². The summed E-state index contributed by atoms with van der Waals surface area (Å²) in [6.07, 6.45) is 1.50. The minimum absolute atomic E-state index is 0. The van der Waals surface area contributed by atoms with Gasteiger partial charge in [0.2, 0.25) is 0 Å². The quantitative estimate of drug-likeness (QED) is 0.139. The van der Waals surface area contributed by atoms with Crippen LogP contribution in [-0.4, -0.2) is 19.6 Å². The third-order valence-corrected chi connectivity index (χ3v) is 12.0. The molecule has 0 amide bonds. The van der Waals surface area contributed by atoms with Crippen LogP contribution in [0, 0.1) is 19.8 Å². The van der Waals surface area contributed by atoms with Gasteiger partial charge in [-0.25, -0.2) is 4.98 Å². The third kappa shape index (κ3) is 9.30. The first-order valence-corrected chi connectivity index (χ1v) is 21.9. The molecule has 0 fully saturated rings. The second-order valence-electron chi connectivity index (χ2n) is 18.8. The number of imidazole rings is 1. The Hall–Kier alpha value is -5.57. The van der Waals surface area contributed by atoms with Crippen molar-refractivity contribution in [3.8, 4) is 67.5 Å². The van der Waals surface area contributed by atoms with E-state index in [2.05, 4.69) is 40.7 Å². The van der Waals surface area contributed by atoms with E-state index in [1.807, 2.05) is 80.6 Å². The first kappa shape index (κ1) is 33.8. The molecule has 0 unspecified atom stereocenters. The number of nitrogens with zero attached hydrogens (tertiary/aromatic N) is 3. The van der Waals surface area contributed by atoms with Crippen LogP contribution in [0.15, 0.2) is 121 Å². The summed E-state index contributed by atoms with van der Waals surface area (Å²) < 4.78 is 106. The fourth-order valence-electron chi connectivity index (χ4n) is 8.42. The summed E-state index contributed by atoms with van der Waals surface area (Å²) in [5.74, 6) is -1.92. The van der Waals surface area contributed by atoms with Gasteiger partial charge in [-0.3, -0.25) is 9.55 Å². The molecule has 2 aromatic heterocycles. The maximum Gasteiger partial charge on any atom is 0.148 e. The van der Waals surface area contributed by atoms with Crippen LogP contribution >= 0.6 is 0 Å². The van der Waals surface area contributed by atoms with Crippen LogP contribution in [0.4, 0.5) is 0 Å². The van der Waals surface area contributed by atoms with Gasteiger partial charge in [0.05, 0.1) is 27.8 Å². The van der Waals surface area contributed by atoms with Crippen LogP contribution in [0.5, 0.6) is 5.75 Å². The average molecular weight is 1050 g/mol. The molecule has 0 atom stereocenters. The van der Waals surface area contributed by atoms with Crippen LogP contribution in [0.1, 0.15) is 155 Å². The van der Waals surface area contributed by atoms with Crippen molar-refractivity contribution in [3.63, 3.8) is 0 Å². The van der Waals surface area contributed by atoms with Crippen molar-refractivity contribution in [3.05, 3.63) is 166 Å². The molecule has 8 rings (SSSR count). The van der Waals surface area contributed by atoms with Crippen LogP contribution < -0.4 is 0 Å². The average Bonchev–Trinajstić information content (AvgIpc) is 3.71. The molecule has 65 heavy (non-hydrogen) atoms. The maximum atomic E-state index is 12.4. The Morgan fingerprint density at radius 2 is 1.38 bits per heavy atom. The third-order valence-electron chi connectivity index (χ3n) is 12.0. The minimum Gasteiger partial charge on any atom is -0.507 e. The SMILES string of the molecule is [2H]c1c([2H])c(C([2H])([2H])[2H])c([2H])c([2H])c1-c1ccnc(-c2[c-]c(-c3cccc4c3nc(-c3cc(C(C)C)cc(C(C)C)c3O)n4-c3ccc(-c4c(C([2H])(C)C)cccc4C([2H])(C)C)cc3C([2H])([2H])[2H])cc(C(C)(C)C)c2)c1.[Pt]. The number of aryl methyl sites for hydroxylation is 1. The van der Waals surface area contributed by atoms with Gasteiger partial charge in [0.15, 0.2) is 0 Å². The number of pyridine rings is 1. The monoisotopic (exact) mass is 1050 g/mol. The van der Waals surface area contributed by atoms with Crippen molar-refractivity contribution >= 4 is 11.0 Å². The van der Waals surface area contributed by atoms with Gasteiger partial charge >= 0.3 is 0 Å². The molecule has 336 valence electrons. The van der Waals surface area contributed by atoms with E-state index in [1.54, 1.807) is 56.5 Å². The van der Waals surface area contributed by atoms with Crippen LogP contribution in [0.2, 0.25) is 0 Å². The second-order valence-corrected chi connectivity index (χ2v) is 18.8. The van der Waals surface area contributed by atoms with Gasteiger partial charge in [0, 0.05) is 43.9 Å². The van der Waals surface area contributed by atoms with E-state index >= 15 is 0 Å². The van der Waals surface area contributed by atoms with Crippen molar-refractivity contribution < 1.29 is 42.6 Å². The summed E-state index contributed by atoms with van der Waals surface area (Å²) in [7, 11) is 0. The van der Waals surface area contributed by atoms with E-state index in [0.29, 0.717) is 83.9 Å². The number of aromatic nitrogens is 3. The second kappa shape index (κ2) is 18.7. The molecule has 0 radical (unpaired) electrons. The summed E-state index contributed by atoms with van der Waals surface area (Å²) in [5, 5.41) is 12.4. The molecule has 0 aliphatic rings. The fourth-order valence-corrected chi connectivity index (χ4v) is 8.42. The Morgan fingerprint density at radius 1 is 0.692 bits per heavy atom. The Morgan fingerprint density at radius 3 is 2.02 bits per heavy atom. The number of hydrogen-bond acceptors (Lipinski definition) is 3. The minimum atomic E-state index is -2.87. The summed E-state index contributed by atoms with van der Waals surface area (Å²) >= 11 is 0. The molecule has 0 spiro atoms.